The van der Waals surface area contributed by atoms with E-state index < -0.39 is 6.10 Å². The Morgan fingerprint density at radius 2 is 2.16 bits per heavy atom. The average molecular weight is 279 g/mol. The van der Waals surface area contributed by atoms with Crippen LogP contribution in [0.2, 0.25) is 0 Å². The molecular formula is C15H18FNOS. The molecule has 2 aromatic rings. The fraction of sp³-hybridized carbons (Fsp3) is 0.333. The quantitative estimate of drug-likeness (QED) is 0.903. The van der Waals surface area contributed by atoms with E-state index in [0.717, 1.165) is 13.0 Å². The van der Waals surface area contributed by atoms with Gasteiger partial charge in [-0.2, -0.15) is 0 Å². The average Bonchev–Trinajstić information content (AvgIpc) is 2.88. The fourth-order valence-electron chi connectivity index (χ4n) is 1.95. The van der Waals surface area contributed by atoms with E-state index >= 15 is 0 Å². The number of likely N-dealkylation sites (N-methyl/N-ethyl adjacent to an activating group) is 1. The molecule has 102 valence electrons. The number of anilines is 1. The van der Waals surface area contributed by atoms with Gasteiger partial charge < -0.3 is 10.0 Å². The number of rotatable bonds is 5. The SMILES string of the molecule is C[C@@H](O)c1ccc(N(C)CCc2cccs2)c(F)c1. The molecule has 4 heteroatoms. The molecule has 2 rings (SSSR count). The first-order valence-electron chi connectivity index (χ1n) is 6.29. The minimum atomic E-state index is -0.639. The van der Waals surface area contributed by atoms with Crippen molar-refractivity contribution in [2.24, 2.45) is 0 Å². The van der Waals surface area contributed by atoms with Crippen LogP contribution in [0.3, 0.4) is 0 Å². The Balaban J connectivity index is 2.04. The molecule has 0 saturated carbocycles. The molecule has 0 fully saturated rings. The maximum absolute atomic E-state index is 14.0. The summed E-state index contributed by atoms with van der Waals surface area (Å²) in [6.07, 6.45) is 0.270. The number of hydrogen-bond acceptors (Lipinski definition) is 3. The zero-order chi connectivity index (χ0) is 13.8. The number of aliphatic hydroxyl groups excluding tert-OH is 1. The van der Waals surface area contributed by atoms with Crippen LogP contribution >= 0.6 is 11.3 Å². The number of nitrogens with zero attached hydrogens (tertiary/aromatic N) is 1. The summed E-state index contributed by atoms with van der Waals surface area (Å²) in [6, 6.07) is 9.02. The molecule has 0 bridgehead atoms. The summed E-state index contributed by atoms with van der Waals surface area (Å²) in [5.41, 5.74) is 1.17. The van der Waals surface area contributed by atoms with Crippen LogP contribution in [0.1, 0.15) is 23.5 Å². The molecule has 1 heterocycles. The van der Waals surface area contributed by atoms with Gasteiger partial charge in [0.05, 0.1) is 11.8 Å². The smallest absolute Gasteiger partial charge is 0.146 e. The van der Waals surface area contributed by atoms with Crippen LogP contribution in [0.15, 0.2) is 35.7 Å². The third-order valence-electron chi connectivity index (χ3n) is 3.14. The van der Waals surface area contributed by atoms with Crippen LogP contribution in [0.25, 0.3) is 0 Å². The highest BCUT2D eigenvalue weighted by molar-refractivity contribution is 7.09. The van der Waals surface area contributed by atoms with Gasteiger partial charge in [0.1, 0.15) is 5.82 Å². The number of halogens is 1. The summed E-state index contributed by atoms with van der Waals surface area (Å²) in [4.78, 5) is 3.20. The van der Waals surface area contributed by atoms with Gasteiger partial charge in [-0.15, -0.1) is 11.3 Å². The number of benzene rings is 1. The number of aliphatic hydroxyl groups is 1. The minimum absolute atomic E-state index is 0.285. The normalized spacial score (nSPS) is 12.4. The van der Waals surface area contributed by atoms with E-state index in [9.17, 15) is 9.50 Å². The fourth-order valence-corrected chi connectivity index (χ4v) is 2.64. The van der Waals surface area contributed by atoms with E-state index in [-0.39, 0.29) is 5.82 Å². The van der Waals surface area contributed by atoms with E-state index in [2.05, 4.69) is 6.07 Å². The largest absolute Gasteiger partial charge is 0.389 e. The highest BCUT2D eigenvalue weighted by Gasteiger charge is 2.10. The maximum Gasteiger partial charge on any atom is 0.146 e. The Kier molecular flexibility index (Phi) is 4.56. The standard InChI is InChI=1S/C15H18FNOS/c1-11(18)12-5-6-15(14(16)10-12)17(2)8-7-13-4-3-9-19-13/h3-6,9-11,18H,7-8H2,1-2H3/t11-/m1/s1. The van der Waals surface area contributed by atoms with Crippen molar-refractivity contribution in [3.63, 3.8) is 0 Å². The lowest BCUT2D eigenvalue weighted by Crippen LogP contribution is -2.21. The van der Waals surface area contributed by atoms with Crippen molar-refractivity contribution in [1.82, 2.24) is 0 Å². The van der Waals surface area contributed by atoms with Gasteiger partial charge in [-0.1, -0.05) is 12.1 Å². The second-order valence-corrected chi connectivity index (χ2v) is 5.67. The summed E-state index contributed by atoms with van der Waals surface area (Å²) < 4.78 is 14.0. The number of thiophene rings is 1. The van der Waals surface area contributed by atoms with Crippen LogP contribution in [-0.4, -0.2) is 18.7 Å². The molecule has 1 aromatic carbocycles. The lowest BCUT2D eigenvalue weighted by atomic mass is 10.1. The van der Waals surface area contributed by atoms with Crippen molar-refractivity contribution >= 4 is 17.0 Å². The van der Waals surface area contributed by atoms with Gasteiger partial charge >= 0.3 is 0 Å². The molecule has 0 aliphatic rings. The van der Waals surface area contributed by atoms with Crippen molar-refractivity contribution in [3.8, 4) is 0 Å². The van der Waals surface area contributed by atoms with Crippen LogP contribution in [-0.2, 0) is 6.42 Å². The Labute approximate surface area is 117 Å². The van der Waals surface area contributed by atoms with E-state index in [1.807, 2.05) is 23.4 Å². The molecule has 0 amide bonds. The van der Waals surface area contributed by atoms with Gasteiger partial charge in [0.25, 0.3) is 0 Å². The number of hydrogen-bond donors (Lipinski definition) is 1. The Bertz CT molecular complexity index is 525. The lowest BCUT2D eigenvalue weighted by Gasteiger charge is -2.20. The zero-order valence-corrected chi connectivity index (χ0v) is 12.0. The van der Waals surface area contributed by atoms with Crippen LogP contribution in [0.5, 0.6) is 0 Å². The minimum Gasteiger partial charge on any atom is -0.389 e. The van der Waals surface area contributed by atoms with Crippen molar-refractivity contribution in [3.05, 3.63) is 52.0 Å². The summed E-state index contributed by atoms with van der Waals surface area (Å²) >= 11 is 1.72. The molecule has 0 radical (unpaired) electrons. The molecule has 1 atom stereocenters. The lowest BCUT2D eigenvalue weighted by molar-refractivity contribution is 0.199. The molecule has 0 aliphatic carbocycles. The highest BCUT2D eigenvalue weighted by Crippen LogP contribution is 2.23. The van der Waals surface area contributed by atoms with Crippen LogP contribution < -0.4 is 4.90 Å². The predicted molar refractivity (Wildman–Crippen MR) is 78.3 cm³/mol. The molecule has 0 aliphatic heterocycles. The maximum atomic E-state index is 14.0. The van der Waals surface area contributed by atoms with E-state index in [4.69, 9.17) is 0 Å². The van der Waals surface area contributed by atoms with Crippen LogP contribution in [0, 0.1) is 5.82 Å². The van der Waals surface area contributed by atoms with E-state index in [1.54, 1.807) is 30.4 Å². The van der Waals surface area contributed by atoms with Crippen molar-refractivity contribution in [2.45, 2.75) is 19.4 Å². The van der Waals surface area contributed by atoms with E-state index in [0.29, 0.717) is 11.3 Å². The zero-order valence-electron chi connectivity index (χ0n) is 11.1. The van der Waals surface area contributed by atoms with Gasteiger partial charge in [0, 0.05) is 18.5 Å². The first kappa shape index (κ1) is 14.0. The van der Waals surface area contributed by atoms with Gasteiger partial charge in [-0.05, 0) is 42.5 Å². The molecule has 0 saturated heterocycles. The Morgan fingerprint density at radius 3 is 2.74 bits per heavy atom. The second-order valence-electron chi connectivity index (χ2n) is 4.64. The van der Waals surface area contributed by atoms with Crippen molar-refractivity contribution in [1.29, 1.82) is 0 Å². The Hall–Kier alpha value is -1.39. The summed E-state index contributed by atoms with van der Waals surface area (Å²) in [5.74, 6) is -0.285. The summed E-state index contributed by atoms with van der Waals surface area (Å²) in [5, 5.41) is 11.5. The molecule has 19 heavy (non-hydrogen) atoms. The third-order valence-corrected chi connectivity index (χ3v) is 4.08. The van der Waals surface area contributed by atoms with E-state index in [1.165, 1.54) is 10.9 Å². The second kappa shape index (κ2) is 6.17. The van der Waals surface area contributed by atoms with Gasteiger partial charge in [0.2, 0.25) is 0 Å². The summed E-state index contributed by atoms with van der Waals surface area (Å²) in [7, 11) is 1.88. The molecule has 2 nitrogen and oxygen atoms in total. The van der Waals surface area contributed by atoms with Gasteiger partial charge in [-0.3, -0.25) is 0 Å². The molecule has 1 N–H and O–H groups in total. The molecule has 0 spiro atoms. The van der Waals surface area contributed by atoms with Gasteiger partial charge in [0.15, 0.2) is 0 Å². The Morgan fingerprint density at radius 1 is 1.37 bits per heavy atom. The van der Waals surface area contributed by atoms with Crippen molar-refractivity contribution < 1.29 is 9.50 Å². The third kappa shape index (κ3) is 3.55. The first-order valence-corrected chi connectivity index (χ1v) is 7.17. The summed E-state index contributed by atoms with van der Waals surface area (Å²) in [6.45, 7) is 2.40. The molecular weight excluding hydrogens is 261 g/mol. The first-order chi connectivity index (χ1) is 9.08. The molecule has 0 unspecified atom stereocenters. The van der Waals surface area contributed by atoms with Gasteiger partial charge in [-0.25, -0.2) is 4.39 Å². The molecule has 1 aromatic heterocycles. The highest BCUT2D eigenvalue weighted by atomic mass is 32.1. The van der Waals surface area contributed by atoms with Crippen LogP contribution in [0.4, 0.5) is 10.1 Å². The monoisotopic (exact) mass is 279 g/mol. The van der Waals surface area contributed by atoms with Crippen molar-refractivity contribution in [2.75, 3.05) is 18.5 Å². The topological polar surface area (TPSA) is 23.5 Å². The predicted octanol–water partition coefficient (Wildman–Crippen LogP) is 3.62.